The fourth-order valence-corrected chi connectivity index (χ4v) is 4.46. The first-order chi connectivity index (χ1) is 13.3. The highest BCUT2D eigenvalue weighted by molar-refractivity contribution is 7.20. The van der Waals surface area contributed by atoms with Gasteiger partial charge < -0.3 is 9.47 Å². The Balaban J connectivity index is 1.88. The summed E-state index contributed by atoms with van der Waals surface area (Å²) in [6.07, 6.45) is 6.05. The number of aryl methyl sites for hydroxylation is 1. The second-order valence-corrected chi connectivity index (χ2v) is 8.52. The molecule has 0 bridgehead atoms. The van der Waals surface area contributed by atoms with Crippen LogP contribution in [-0.4, -0.2) is 33.7 Å². The molecule has 2 aromatic rings. The van der Waals surface area contributed by atoms with E-state index < -0.39 is 18.0 Å². The van der Waals surface area contributed by atoms with Crippen molar-refractivity contribution in [2.75, 3.05) is 0 Å². The lowest BCUT2D eigenvalue weighted by Crippen LogP contribution is -2.32. The highest BCUT2D eigenvalue weighted by Gasteiger charge is 2.26. The first kappa shape index (κ1) is 20.5. The molecule has 0 unspecified atom stereocenters. The molecule has 0 saturated heterocycles. The number of hydrogen-bond donors (Lipinski definition) is 0. The van der Waals surface area contributed by atoms with Crippen LogP contribution in [-0.2, 0) is 14.3 Å². The number of ether oxygens (including phenoxy) is 2. The third kappa shape index (κ3) is 4.11. The Morgan fingerprint density at radius 1 is 1.21 bits per heavy atom. The van der Waals surface area contributed by atoms with E-state index in [0.29, 0.717) is 20.7 Å². The SMILES string of the molecule is Cc1c(C(=O)OC(C)C)sc2ncn([C@@H](C)C(=O)OC3CCCCC3)c(=O)c12. The number of hydrogen-bond acceptors (Lipinski definition) is 7. The Labute approximate surface area is 167 Å². The van der Waals surface area contributed by atoms with Crippen LogP contribution in [0.2, 0.25) is 0 Å². The minimum Gasteiger partial charge on any atom is -0.461 e. The summed E-state index contributed by atoms with van der Waals surface area (Å²) in [6, 6.07) is -0.781. The average molecular weight is 407 g/mol. The fraction of sp³-hybridized carbons (Fsp3) is 0.600. The van der Waals surface area contributed by atoms with E-state index in [-0.39, 0.29) is 17.8 Å². The molecule has 0 N–H and O–H groups in total. The number of aromatic nitrogens is 2. The summed E-state index contributed by atoms with van der Waals surface area (Å²) in [7, 11) is 0. The van der Waals surface area contributed by atoms with E-state index in [1.165, 1.54) is 17.3 Å². The van der Waals surface area contributed by atoms with Gasteiger partial charge in [-0.1, -0.05) is 6.42 Å². The number of carbonyl (C=O) groups is 2. The van der Waals surface area contributed by atoms with E-state index in [2.05, 4.69) is 4.98 Å². The normalized spacial score (nSPS) is 16.3. The van der Waals surface area contributed by atoms with Crippen molar-refractivity contribution in [1.29, 1.82) is 0 Å². The molecule has 28 heavy (non-hydrogen) atoms. The molecule has 8 heteroatoms. The zero-order valence-corrected chi connectivity index (χ0v) is 17.5. The van der Waals surface area contributed by atoms with Crippen molar-refractivity contribution in [2.45, 2.75) is 78.0 Å². The quantitative estimate of drug-likeness (QED) is 0.703. The zero-order chi connectivity index (χ0) is 20.4. The van der Waals surface area contributed by atoms with Gasteiger partial charge >= 0.3 is 11.9 Å². The predicted octanol–water partition coefficient (Wildman–Crippen LogP) is 3.77. The van der Waals surface area contributed by atoms with Crippen molar-refractivity contribution in [3.63, 3.8) is 0 Å². The molecule has 0 radical (unpaired) electrons. The Morgan fingerprint density at radius 3 is 2.54 bits per heavy atom. The Hall–Kier alpha value is -2.22. The molecule has 1 aliphatic carbocycles. The molecule has 1 fully saturated rings. The molecule has 2 heterocycles. The molecule has 1 atom stereocenters. The largest absolute Gasteiger partial charge is 0.461 e. The van der Waals surface area contributed by atoms with Gasteiger partial charge in [0, 0.05) is 0 Å². The van der Waals surface area contributed by atoms with Gasteiger partial charge in [-0.25, -0.2) is 14.6 Å². The van der Waals surface area contributed by atoms with Crippen molar-refractivity contribution in [1.82, 2.24) is 9.55 Å². The van der Waals surface area contributed by atoms with Crippen LogP contribution in [0.3, 0.4) is 0 Å². The van der Waals surface area contributed by atoms with Gasteiger partial charge in [0.05, 0.1) is 17.8 Å². The number of nitrogens with zero attached hydrogens (tertiary/aromatic N) is 2. The van der Waals surface area contributed by atoms with Crippen LogP contribution in [0, 0.1) is 6.92 Å². The smallest absolute Gasteiger partial charge is 0.348 e. The van der Waals surface area contributed by atoms with Crippen LogP contribution < -0.4 is 5.56 Å². The number of esters is 2. The Bertz CT molecular complexity index is 940. The molecule has 0 amide bonds. The lowest BCUT2D eigenvalue weighted by molar-refractivity contribution is -0.154. The zero-order valence-electron chi connectivity index (χ0n) is 16.7. The van der Waals surface area contributed by atoms with Gasteiger partial charge in [-0.15, -0.1) is 11.3 Å². The minimum absolute atomic E-state index is 0.0728. The van der Waals surface area contributed by atoms with E-state index in [4.69, 9.17) is 9.47 Å². The van der Waals surface area contributed by atoms with Gasteiger partial charge in [-0.2, -0.15) is 0 Å². The Morgan fingerprint density at radius 2 is 1.89 bits per heavy atom. The maximum atomic E-state index is 13.0. The first-order valence-electron chi connectivity index (χ1n) is 9.71. The molecule has 0 spiro atoms. The van der Waals surface area contributed by atoms with Crippen LogP contribution >= 0.6 is 11.3 Å². The minimum atomic E-state index is -0.781. The lowest BCUT2D eigenvalue weighted by atomic mass is 9.98. The van der Waals surface area contributed by atoms with Crippen molar-refractivity contribution >= 4 is 33.5 Å². The van der Waals surface area contributed by atoms with Gasteiger partial charge in [0.2, 0.25) is 0 Å². The van der Waals surface area contributed by atoms with E-state index in [9.17, 15) is 14.4 Å². The van der Waals surface area contributed by atoms with E-state index in [1.54, 1.807) is 27.7 Å². The standard InChI is InChI=1S/C20H26N2O5S/c1-11(2)26-20(25)16-12(3)15-17(28-16)21-10-22(18(15)23)13(4)19(24)27-14-8-6-5-7-9-14/h10-11,13-14H,5-9H2,1-4H3/t13-/m0/s1. The number of carbonyl (C=O) groups excluding carboxylic acids is 2. The monoisotopic (exact) mass is 406 g/mol. The van der Waals surface area contributed by atoms with Crippen molar-refractivity contribution in [3.8, 4) is 0 Å². The highest BCUT2D eigenvalue weighted by atomic mass is 32.1. The van der Waals surface area contributed by atoms with Crippen molar-refractivity contribution < 1.29 is 19.1 Å². The van der Waals surface area contributed by atoms with Crippen LogP contribution in [0.4, 0.5) is 0 Å². The number of thiophene rings is 1. The summed E-state index contributed by atoms with van der Waals surface area (Å²) >= 11 is 1.13. The topological polar surface area (TPSA) is 87.5 Å². The van der Waals surface area contributed by atoms with Gasteiger partial charge in [0.15, 0.2) is 0 Å². The average Bonchev–Trinajstić information content (AvgIpc) is 2.99. The van der Waals surface area contributed by atoms with Crippen molar-refractivity contribution in [2.24, 2.45) is 0 Å². The van der Waals surface area contributed by atoms with Crippen LogP contribution in [0.1, 0.15) is 74.2 Å². The second-order valence-electron chi connectivity index (χ2n) is 7.52. The number of fused-ring (bicyclic) bond motifs is 1. The summed E-state index contributed by atoms with van der Waals surface area (Å²) < 4.78 is 12.1. The molecular weight excluding hydrogens is 380 g/mol. The van der Waals surface area contributed by atoms with E-state index in [0.717, 1.165) is 37.0 Å². The first-order valence-corrected chi connectivity index (χ1v) is 10.5. The third-order valence-electron chi connectivity index (χ3n) is 5.00. The molecular formula is C20H26N2O5S. The highest BCUT2D eigenvalue weighted by Crippen LogP contribution is 2.28. The third-order valence-corrected chi connectivity index (χ3v) is 6.18. The van der Waals surface area contributed by atoms with Gasteiger partial charge in [-0.3, -0.25) is 9.36 Å². The van der Waals surface area contributed by atoms with Crippen LogP contribution in [0.5, 0.6) is 0 Å². The molecule has 1 aliphatic rings. The maximum Gasteiger partial charge on any atom is 0.348 e. The molecule has 1 saturated carbocycles. The summed E-state index contributed by atoms with van der Waals surface area (Å²) in [4.78, 5) is 43.0. The maximum absolute atomic E-state index is 13.0. The summed E-state index contributed by atoms with van der Waals surface area (Å²) in [6.45, 7) is 6.88. The second kappa shape index (κ2) is 8.43. The molecule has 0 aliphatic heterocycles. The molecule has 0 aromatic carbocycles. The van der Waals surface area contributed by atoms with Crippen LogP contribution in [0.25, 0.3) is 10.2 Å². The van der Waals surface area contributed by atoms with Gasteiger partial charge in [0.1, 0.15) is 21.9 Å². The van der Waals surface area contributed by atoms with E-state index in [1.807, 2.05) is 0 Å². The lowest BCUT2D eigenvalue weighted by Gasteiger charge is -2.24. The van der Waals surface area contributed by atoms with Crippen LogP contribution in [0.15, 0.2) is 11.1 Å². The Kier molecular flexibility index (Phi) is 6.17. The van der Waals surface area contributed by atoms with Crippen molar-refractivity contribution in [3.05, 3.63) is 27.1 Å². The fourth-order valence-electron chi connectivity index (χ4n) is 3.43. The predicted molar refractivity (Wildman–Crippen MR) is 107 cm³/mol. The van der Waals surface area contributed by atoms with Gasteiger partial charge in [0.25, 0.3) is 5.56 Å². The van der Waals surface area contributed by atoms with E-state index >= 15 is 0 Å². The molecule has 2 aromatic heterocycles. The summed E-state index contributed by atoms with van der Waals surface area (Å²) in [5, 5.41) is 0.348. The van der Waals surface area contributed by atoms with Gasteiger partial charge in [-0.05, 0) is 58.9 Å². The molecule has 7 nitrogen and oxygen atoms in total. The summed E-state index contributed by atoms with van der Waals surface area (Å²) in [5.41, 5.74) is 0.181. The molecule has 152 valence electrons. The summed E-state index contributed by atoms with van der Waals surface area (Å²) in [5.74, 6) is -0.895. The molecule has 3 rings (SSSR count). The number of rotatable bonds is 5.